The fraction of sp³-hybridized carbons (Fsp3) is 0.0625. The number of nitrogens with zero attached hydrogens (tertiary/aromatic N) is 4. The lowest BCUT2D eigenvalue weighted by atomic mass is 10.1. The maximum absolute atomic E-state index is 10.7. The van der Waals surface area contributed by atoms with E-state index in [2.05, 4.69) is 20.1 Å². The summed E-state index contributed by atoms with van der Waals surface area (Å²) in [6, 6.07) is 9.89. The Balaban J connectivity index is 1.99. The Morgan fingerprint density at radius 3 is 2.91 bits per heavy atom. The van der Waals surface area contributed by atoms with E-state index in [-0.39, 0.29) is 6.54 Å². The van der Waals surface area contributed by atoms with Crippen LogP contribution in [0, 0.1) is 4.91 Å². The summed E-state index contributed by atoms with van der Waals surface area (Å²) < 4.78 is 0.948. The lowest BCUT2D eigenvalue weighted by molar-refractivity contribution is 0.987. The molecular formula is C16H10N4OS2. The summed E-state index contributed by atoms with van der Waals surface area (Å²) in [6.45, 7) is 0.0462. The summed E-state index contributed by atoms with van der Waals surface area (Å²) in [4.78, 5) is 25.1. The molecule has 0 spiro atoms. The Morgan fingerprint density at radius 2 is 2.09 bits per heavy atom. The molecule has 0 saturated heterocycles. The number of rotatable bonds is 4. The number of hydrogen-bond donors (Lipinski definition) is 0. The minimum Gasteiger partial charge on any atom is -0.254 e. The monoisotopic (exact) mass is 338 g/mol. The Kier molecular flexibility index (Phi) is 3.72. The molecule has 0 fully saturated rings. The molecule has 0 atom stereocenters. The molecule has 0 unspecified atom stereocenters. The smallest absolute Gasteiger partial charge is 0.154 e. The number of pyridine rings is 2. The third-order valence-electron chi connectivity index (χ3n) is 3.40. The SMILES string of the molecule is O=NCc1cc(Sc2nccs2)c2ccc3cccnc3c2n1. The van der Waals surface area contributed by atoms with E-state index >= 15 is 0 Å². The second-order valence-electron chi connectivity index (χ2n) is 4.84. The third kappa shape index (κ3) is 2.69. The lowest BCUT2D eigenvalue weighted by Gasteiger charge is -2.08. The van der Waals surface area contributed by atoms with Crippen LogP contribution in [0.4, 0.5) is 0 Å². The van der Waals surface area contributed by atoms with Crippen molar-refractivity contribution < 1.29 is 0 Å². The maximum atomic E-state index is 10.7. The summed E-state index contributed by atoms with van der Waals surface area (Å²) in [6.07, 6.45) is 3.53. The van der Waals surface area contributed by atoms with Gasteiger partial charge in [-0.05, 0) is 12.1 Å². The van der Waals surface area contributed by atoms with Crippen LogP contribution in [0.2, 0.25) is 0 Å². The van der Waals surface area contributed by atoms with Crippen LogP contribution in [0.15, 0.2) is 62.5 Å². The first-order valence-corrected chi connectivity index (χ1v) is 8.58. The predicted octanol–water partition coefficient (Wildman–Crippen LogP) is 4.66. The molecule has 0 bridgehead atoms. The molecule has 0 aliphatic rings. The van der Waals surface area contributed by atoms with Crippen LogP contribution in [-0.2, 0) is 6.54 Å². The van der Waals surface area contributed by atoms with Gasteiger partial charge in [-0.15, -0.1) is 11.3 Å². The van der Waals surface area contributed by atoms with Gasteiger partial charge in [0.05, 0.1) is 16.7 Å². The van der Waals surface area contributed by atoms with Crippen LogP contribution < -0.4 is 0 Å². The first-order chi connectivity index (χ1) is 11.3. The van der Waals surface area contributed by atoms with Crippen LogP contribution in [-0.4, -0.2) is 15.0 Å². The van der Waals surface area contributed by atoms with E-state index in [0.29, 0.717) is 5.69 Å². The van der Waals surface area contributed by atoms with Gasteiger partial charge in [0.15, 0.2) is 4.34 Å². The van der Waals surface area contributed by atoms with Gasteiger partial charge in [0.2, 0.25) is 0 Å². The van der Waals surface area contributed by atoms with Crippen molar-refractivity contribution in [3.05, 3.63) is 58.7 Å². The van der Waals surface area contributed by atoms with E-state index in [1.807, 2.05) is 35.7 Å². The van der Waals surface area contributed by atoms with E-state index in [0.717, 1.165) is 31.0 Å². The highest BCUT2D eigenvalue weighted by Gasteiger charge is 2.12. The van der Waals surface area contributed by atoms with Crippen molar-refractivity contribution in [3.8, 4) is 0 Å². The van der Waals surface area contributed by atoms with Gasteiger partial charge >= 0.3 is 0 Å². The molecular weight excluding hydrogens is 328 g/mol. The molecule has 7 heteroatoms. The summed E-state index contributed by atoms with van der Waals surface area (Å²) in [5.41, 5.74) is 2.27. The van der Waals surface area contributed by atoms with Gasteiger partial charge < -0.3 is 0 Å². The number of aromatic nitrogens is 3. The molecule has 23 heavy (non-hydrogen) atoms. The largest absolute Gasteiger partial charge is 0.254 e. The van der Waals surface area contributed by atoms with Crippen molar-refractivity contribution in [1.29, 1.82) is 0 Å². The van der Waals surface area contributed by atoms with E-state index in [1.165, 1.54) is 0 Å². The maximum Gasteiger partial charge on any atom is 0.154 e. The Bertz CT molecular complexity index is 1000. The normalized spacial score (nSPS) is 11.1. The summed E-state index contributed by atoms with van der Waals surface area (Å²) in [5.74, 6) is 0. The molecule has 1 aromatic carbocycles. The van der Waals surface area contributed by atoms with Crippen LogP contribution in [0.1, 0.15) is 5.69 Å². The van der Waals surface area contributed by atoms with Crippen LogP contribution in [0.3, 0.4) is 0 Å². The molecule has 0 saturated carbocycles. The van der Waals surface area contributed by atoms with Crippen LogP contribution in [0.5, 0.6) is 0 Å². The van der Waals surface area contributed by atoms with Crippen molar-refractivity contribution in [2.45, 2.75) is 15.8 Å². The molecule has 4 aromatic rings. The fourth-order valence-corrected chi connectivity index (χ4v) is 4.19. The Labute approximate surface area is 139 Å². The molecule has 3 aromatic heterocycles. The van der Waals surface area contributed by atoms with Crippen molar-refractivity contribution in [1.82, 2.24) is 15.0 Å². The first-order valence-electron chi connectivity index (χ1n) is 6.89. The van der Waals surface area contributed by atoms with Gasteiger partial charge in [0, 0.05) is 33.4 Å². The third-order valence-corrected chi connectivity index (χ3v) is 5.34. The average molecular weight is 338 g/mol. The van der Waals surface area contributed by atoms with Gasteiger partial charge in [-0.3, -0.25) is 4.98 Å². The first kappa shape index (κ1) is 14.2. The Hall–Kier alpha value is -2.38. The highest BCUT2D eigenvalue weighted by molar-refractivity contribution is 8.01. The molecule has 0 radical (unpaired) electrons. The van der Waals surface area contributed by atoms with E-state index in [9.17, 15) is 4.91 Å². The molecule has 112 valence electrons. The quantitative estimate of drug-likeness (QED) is 0.400. The topological polar surface area (TPSA) is 68.1 Å². The minimum atomic E-state index is 0.0462. The molecule has 0 amide bonds. The molecule has 4 rings (SSSR count). The number of thiazole rings is 1. The van der Waals surface area contributed by atoms with Crippen molar-refractivity contribution in [3.63, 3.8) is 0 Å². The molecule has 0 aliphatic heterocycles. The van der Waals surface area contributed by atoms with Gasteiger partial charge in [-0.2, -0.15) is 4.91 Å². The standard InChI is InChI=1S/C16H10N4OS2/c21-19-9-11-8-13(23-16-18-6-7-22-16)12-4-3-10-2-1-5-17-14(10)15(12)20-11/h1-8H,9H2. The number of hydrogen-bond acceptors (Lipinski definition) is 7. The lowest BCUT2D eigenvalue weighted by Crippen LogP contribution is -1.93. The van der Waals surface area contributed by atoms with Crippen molar-refractivity contribution in [2.75, 3.05) is 0 Å². The summed E-state index contributed by atoms with van der Waals surface area (Å²) in [5, 5.41) is 6.94. The highest BCUT2D eigenvalue weighted by Crippen LogP contribution is 2.36. The van der Waals surface area contributed by atoms with E-state index in [4.69, 9.17) is 0 Å². The predicted molar refractivity (Wildman–Crippen MR) is 92.8 cm³/mol. The van der Waals surface area contributed by atoms with Crippen molar-refractivity contribution in [2.24, 2.45) is 5.18 Å². The second-order valence-corrected chi connectivity index (χ2v) is 7.02. The highest BCUT2D eigenvalue weighted by atomic mass is 32.2. The zero-order valence-corrected chi connectivity index (χ0v) is 13.5. The number of benzene rings is 1. The molecule has 0 N–H and O–H groups in total. The fourth-order valence-electron chi connectivity index (χ4n) is 2.43. The van der Waals surface area contributed by atoms with Gasteiger partial charge in [-0.1, -0.05) is 35.1 Å². The molecule has 5 nitrogen and oxygen atoms in total. The van der Waals surface area contributed by atoms with Crippen LogP contribution >= 0.6 is 23.1 Å². The van der Waals surface area contributed by atoms with Gasteiger partial charge in [-0.25, -0.2) is 9.97 Å². The summed E-state index contributed by atoms with van der Waals surface area (Å²) >= 11 is 3.15. The zero-order chi connectivity index (χ0) is 15.6. The van der Waals surface area contributed by atoms with E-state index < -0.39 is 0 Å². The number of nitroso groups, excluding NO2 is 1. The molecule has 0 aliphatic carbocycles. The average Bonchev–Trinajstić information content (AvgIpc) is 3.08. The minimum absolute atomic E-state index is 0.0462. The summed E-state index contributed by atoms with van der Waals surface area (Å²) in [7, 11) is 0. The Morgan fingerprint density at radius 1 is 1.13 bits per heavy atom. The van der Waals surface area contributed by atoms with Crippen molar-refractivity contribution >= 4 is 44.9 Å². The zero-order valence-electron chi connectivity index (χ0n) is 11.8. The van der Waals surface area contributed by atoms with Crippen LogP contribution in [0.25, 0.3) is 21.8 Å². The molecule has 3 heterocycles. The van der Waals surface area contributed by atoms with Gasteiger partial charge in [0.25, 0.3) is 0 Å². The van der Waals surface area contributed by atoms with Gasteiger partial charge in [0.1, 0.15) is 6.54 Å². The van der Waals surface area contributed by atoms with E-state index in [1.54, 1.807) is 35.5 Å². The number of fused-ring (bicyclic) bond motifs is 3. The second kappa shape index (κ2) is 6.02.